The fraction of sp³-hybridized carbons (Fsp3) is 0.800. The van der Waals surface area contributed by atoms with Gasteiger partial charge in [0.05, 0.1) is 18.8 Å². The summed E-state index contributed by atoms with van der Waals surface area (Å²) in [6.07, 6.45) is 16.6. The summed E-state index contributed by atoms with van der Waals surface area (Å²) in [5.74, 6) is -0.279. The molecule has 4 atom stereocenters. The van der Waals surface area contributed by atoms with Crippen LogP contribution in [0.2, 0.25) is 0 Å². The molecule has 0 spiro atoms. The van der Waals surface area contributed by atoms with Gasteiger partial charge in [0.15, 0.2) is 0 Å². The third-order valence-electron chi connectivity index (χ3n) is 6.67. The Kier molecular flexibility index (Phi) is 12.4. The summed E-state index contributed by atoms with van der Waals surface area (Å²) in [7, 11) is 0. The Balaban J connectivity index is 1.61. The zero-order valence-corrected chi connectivity index (χ0v) is 19.7. The quantitative estimate of drug-likeness (QED) is 0.230. The third-order valence-corrected chi connectivity index (χ3v) is 6.67. The van der Waals surface area contributed by atoms with Crippen LogP contribution in [0, 0.1) is 11.8 Å². The van der Waals surface area contributed by atoms with Gasteiger partial charge < -0.3 is 20.5 Å². The van der Waals surface area contributed by atoms with Crippen molar-refractivity contribution in [3.63, 3.8) is 0 Å². The highest BCUT2D eigenvalue weighted by Crippen LogP contribution is 2.44. The number of hydrogen-bond donors (Lipinski definition) is 3. The molecule has 3 N–H and O–H groups in total. The zero-order chi connectivity index (χ0) is 23.2. The number of allylic oxidation sites excluding steroid dienone is 2. The summed E-state index contributed by atoms with van der Waals surface area (Å²) in [5, 5.41) is 14.4. The predicted octanol–water partition coefficient (Wildman–Crippen LogP) is 3.96. The Hall–Kier alpha value is -1.89. The number of carbonyl (C=O) groups is 3. The summed E-state index contributed by atoms with van der Waals surface area (Å²) < 4.78 is 6.08. The standard InChI is InChI=1S/C25H42N2O5/c1-2-3-4-5-6-10-13-23(28)27-18-24(29)26-17-20-19(21-15-16-22(20)32-21)12-9-7-8-11-14-25(30)31/h7,9,19-22H,2-6,8,10-18H2,1H3,(H,26,29)(H,27,28)(H,30,31)/b9-7-/t19-,20?,21+,22-/m1/s1. The molecule has 182 valence electrons. The maximum atomic E-state index is 12.2. The summed E-state index contributed by atoms with van der Waals surface area (Å²) in [5.41, 5.74) is 0. The van der Waals surface area contributed by atoms with Gasteiger partial charge in [0.25, 0.3) is 0 Å². The van der Waals surface area contributed by atoms with Gasteiger partial charge in [-0.3, -0.25) is 14.4 Å². The van der Waals surface area contributed by atoms with Crippen LogP contribution < -0.4 is 10.6 Å². The van der Waals surface area contributed by atoms with Gasteiger partial charge in [0, 0.05) is 25.3 Å². The van der Waals surface area contributed by atoms with Gasteiger partial charge >= 0.3 is 5.97 Å². The number of amides is 2. The van der Waals surface area contributed by atoms with E-state index in [2.05, 4.69) is 29.7 Å². The normalized spacial score (nSPS) is 24.2. The number of fused-ring (bicyclic) bond motifs is 2. The van der Waals surface area contributed by atoms with E-state index in [0.29, 0.717) is 31.2 Å². The van der Waals surface area contributed by atoms with Crippen LogP contribution in [0.1, 0.15) is 90.4 Å². The van der Waals surface area contributed by atoms with E-state index in [4.69, 9.17) is 9.84 Å². The number of nitrogens with one attached hydrogen (secondary N) is 2. The molecule has 2 heterocycles. The molecule has 2 bridgehead atoms. The summed E-state index contributed by atoms with van der Waals surface area (Å²) in [4.78, 5) is 34.7. The molecule has 0 aromatic rings. The molecule has 0 aromatic carbocycles. The van der Waals surface area contributed by atoms with E-state index in [9.17, 15) is 14.4 Å². The van der Waals surface area contributed by atoms with Gasteiger partial charge in [-0.2, -0.15) is 0 Å². The number of carboxylic acid groups (broad SMARTS) is 1. The van der Waals surface area contributed by atoms with Gasteiger partial charge in [0.2, 0.25) is 11.8 Å². The number of aliphatic carboxylic acids is 1. The largest absolute Gasteiger partial charge is 0.481 e. The van der Waals surface area contributed by atoms with E-state index >= 15 is 0 Å². The first-order chi connectivity index (χ1) is 15.5. The highest BCUT2D eigenvalue weighted by molar-refractivity contribution is 5.84. The Labute approximate surface area is 192 Å². The molecule has 1 unspecified atom stereocenters. The lowest BCUT2D eigenvalue weighted by molar-refractivity contribution is -0.137. The summed E-state index contributed by atoms with van der Waals surface area (Å²) in [6.45, 7) is 2.79. The van der Waals surface area contributed by atoms with Crippen LogP contribution >= 0.6 is 0 Å². The minimum Gasteiger partial charge on any atom is -0.481 e. The number of ether oxygens (including phenoxy) is 1. The fourth-order valence-corrected chi connectivity index (χ4v) is 4.85. The van der Waals surface area contributed by atoms with Crippen LogP contribution in [-0.2, 0) is 19.1 Å². The SMILES string of the molecule is CCCCCCCCC(=O)NCC(=O)NCC1[C@@H](C/C=C\CCCC(=O)O)[C@@H]2CC[C@H]1O2. The van der Waals surface area contributed by atoms with Gasteiger partial charge in [-0.1, -0.05) is 51.2 Å². The Bertz CT molecular complexity index is 621. The first kappa shape index (κ1) is 26.4. The predicted molar refractivity (Wildman–Crippen MR) is 124 cm³/mol. The van der Waals surface area contributed by atoms with E-state index in [1.807, 2.05) is 0 Å². The zero-order valence-electron chi connectivity index (χ0n) is 19.7. The van der Waals surface area contributed by atoms with Crippen LogP contribution in [0.4, 0.5) is 0 Å². The van der Waals surface area contributed by atoms with Gasteiger partial charge in [-0.25, -0.2) is 0 Å². The third kappa shape index (κ3) is 9.72. The molecule has 0 aliphatic carbocycles. The molecule has 32 heavy (non-hydrogen) atoms. The molecule has 0 saturated carbocycles. The topological polar surface area (TPSA) is 105 Å². The van der Waals surface area contributed by atoms with Crippen molar-refractivity contribution < 1.29 is 24.2 Å². The Morgan fingerprint density at radius 3 is 2.34 bits per heavy atom. The lowest BCUT2D eigenvalue weighted by Crippen LogP contribution is -2.42. The maximum absolute atomic E-state index is 12.2. The van der Waals surface area contributed by atoms with Crippen molar-refractivity contribution >= 4 is 17.8 Å². The van der Waals surface area contributed by atoms with Crippen molar-refractivity contribution in [3.05, 3.63) is 12.2 Å². The molecule has 0 aromatic heterocycles. The first-order valence-electron chi connectivity index (χ1n) is 12.6. The second kappa shape index (κ2) is 15.0. The smallest absolute Gasteiger partial charge is 0.303 e. The number of hydrogen-bond acceptors (Lipinski definition) is 4. The van der Waals surface area contributed by atoms with Gasteiger partial charge in [-0.05, 0) is 44.4 Å². The second-order valence-corrected chi connectivity index (χ2v) is 9.21. The van der Waals surface area contributed by atoms with Crippen molar-refractivity contribution in [2.24, 2.45) is 11.8 Å². The minimum absolute atomic E-state index is 0.0322. The fourth-order valence-electron chi connectivity index (χ4n) is 4.85. The van der Waals surface area contributed by atoms with Gasteiger partial charge in [0.1, 0.15) is 0 Å². The van der Waals surface area contributed by atoms with Crippen LogP contribution in [0.5, 0.6) is 0 Å². The molecule has 7 nitrogen and oxygen atoms in total. The molecule has 0 radical (unpaired) electrons. The van der Waals surface area contributed by atoms with E-state index in [1.54, 1.807) is 0 Å². The number of carboxylic acids is 1. The van der Waals surface area contributed by atoms with Crippen molar-refractivity contribution in [1.82, 2.24) is 10.6 Å². The lowest BCUT2D eigenvalue weighted by atomic mass is 9.77. The van der Waals surface area contributed by atoms with Gasteiger partial charge in [-0.15, -0.1) is 0 Å². The van der Waals surface area contributed by atoms with Crippen molar-refractivity contribution in [3.8, 4) is 0 Å². The molecular formula is C25H42N2O5. The van der Waals surface area contributed by atoms with Crippen molar-refractivity contribution in [1.29, 1.82) is 0 Å². The molecule has 2 saturated heterocycles. The number of unbranched alkanes of at least 4 members (excludes halogenated alkanes) is 6. The summed E-state index contributed by atoms with van der Waals surface area (Å²) in [6, 6.07) is 0. The molecule has 2 rings (SSSR count). The molecule has 2 fully saturated rings. The minimum atomic E-state index is -0.755. The molecule has 7 heteroatoms. The lowest BCUT2D eigenvalue weighted by Gasteiger charge is -2.27. The van der Waals surface area contributed by atoms with Crippen molar-refractivity contribution in [2.75, 3.05) is 13.1 Å². The number of rotatable bonds is 17. The van der Waals surface area contributed by atoms with E-state index in [1.165, 1.54) is 25.7 Å². The Morgan fingerprint density at radius 1 is 0.875 bits per heavy atom. The van der Waals surface area contributed by atoms with E-state index in [-0.39, 0.29) is 37.0 Å². The van der Waals surface area contributed by atoms with Crippen LogP contribution in [0.15, 0.2) is 12.2 Å². The molecule has 2 aliphatic heterocycles. The van der Waals surface area contributed by atoms with Crippen LogP contribution in [-0.4, -0.2) is 48.2 Å². The maximum Gasteiger partial charge on any atom is 0.303 e. The van der Waals surface area contributed by atoms with Crippen LogP contribution in [0.25, 0.3) is 0 Å². The monoisotopic (exact) mass is 450 g/mol. The average Bonchev–Trinajstić information content (AvgIpc) is 3.37. The summed E-state index contributed by atoms with van der Waals surface area (Å²) >= 11 is 0. The van der Waals surface area contributed by atoms with Crippen LogP contribution in [0.3, 0.4) is 0 Å². The highest BCUT2D eigenvalue weighted by Gasteiger charge is 2.47. The average molecular weight is 451 g/mol. The van der Waals surface area contributed by atoms with E-state index < -0.39 is 5.97 Å². The first-order valence-corrected chi connectivity index (χ1v) is 12.6. The van der Waals surface area contributed by atoms with E-state index in [0.717, 1.165) is 38.5 Å². The Morgan fingerprint density at radius 2 is 1.59 bits per heavy atom. The van der Waals surface area contributed by atoms with Crippen molar-refractivity contribution in [2.45, 2.75) is 103 Å². The highest BCUT2D eigenvalue weighted by atomic mass is 16.5. The molecular weight excluding hydrogens is 408 g/mol. The molecule has 2 amide bonds. The molecule has 2 aliphatic rings. The second-order valence-electron chi connectivity index (χ2n) is 9.21. The number of carbonyl (C=O) groups excluding carboxylic acids is 2.